The number of fused-ring (bicyclic) bond motifs is 1. The van der Waals surface area contributed by atoms with E-state index in [1.54, 1.807) is 27.7 Å². The number of carbonyl (C=O) groups is 6. The number of rotatable bonds is 12. The van der Waals surface area contributed by atoms with Crippen molar-refractivity contribution in [3.8, 4) is 0 Å². The Balaban J connectivity index is 1.43. The van der Waals surface area contributed by atoms with Crippen LogP contribution < -0.4 is 21.7 Å². The minimum atomic E-state index is -1.25. The second-order valence-electron chi connectivity index (χ2n) is 13.2. The SMILES string of the molecule is CC(OC(=O)CNC(=O)NC(C(=O)N1C[C@H]2[C@@H](C1C(=O)NC(CC1CCC1)C(=O)C(N)=O)C2(Cl)Cl)C(C)(C)C)c1ccccc1. The number of nitrogens with two attached hydrogens (primary N) is 1. The minimum absolute atomic E-state index is 0.0468. The lowest BCUT2D eigenvalue weighted by molar-refractivity contribution is -0.147. The lowest BCUT2D eigenvalue weighted by atomic mass is 9.80. The molecule has 246 valence electrons. The number of benzene rings is 1. The number of hydrogen-bond acceptors (Lipinski definition) is 7. The number of hydrogen-bond donors (Lipinski definition) is 4. The Kier molecular flexibility index (Phi) is 10.4. The van der Waals surface area contributed by atoms with E-state index in [2.05, 4.69) is 16.0 Å². The van der Waals surface area contributed by atoms with Crippen molar-refractivity contribution in [2.75, 3.05) is 13.1 Å². The molecule has 1 aromatic carbocycles. The van der Waals surface area contributed by atoms with Gasteiger partial charge in [-0.2, -0.15) is 0 Å². The number of Topliss-reactive ketones (excluding diaryl/α,β-unsaturated/α-hetero) is 1. The van der Waals surface area contributed by atoms with Gasteiger partial charge in [-0.1, -0.05) is 70.4 Å². The lowest BCUT2D eigenvalue weighted by Gasteiger charge is -2.37. The molecule has 0 bridgehead atoms. The maximum absolute atomic E-state index is 14.0. The second kappa shape index (κ2) is 13.5. The quantitative estimate of drug-likeness (QED) is 0.150. The van der Waals surface area contributed by atoms with E-state index in [1.165, 1.54) is 4.90 Å². The first-order chi connectivity index (χ1) is 21.0. The highest BCUT2D eigenvalue weighted by Crippen LogP contribution is 2.65. The number of ether oxygens (including phenoxy) is 1. The smallest absolute Gasteiger partial charge is 0.326 e. The molecule has 2 aliphatic carbocycles. The van der Waals surface area contributed by atoms with Gasteiger partial charge in [0, 0.05) is 18.4 Å². The first-order valence-corrected chi connectivity index (χ1v) is 15.9. The van der Waals surface area contributed by atoms with Crippen molar-refractivity contribution in [2.24, 2.45) is 28.9 Å². The number of nitrogens with zero attached hydrogens (tertiary/aromatic N) is 1. The number of halogens is 2. The third-order valence-electron chi connectivity index (χ3n) is 8.91. The van der Waals surface area contributed by atoms with Gasteiger partial charge in [0.2, 0.25) is 17.6 Å². The molecule has 2 saturated carbocycles. The first-order valence-electron chi connectivity index (χ1n) is 15.1. The normalized spacial score (nSPS) is 23.8. The summed E-state index contributed by atoms with van der Waals surface area (Å²) < 4.78 is 4.13. The van der Waals surface area contributed by atoms with Crippen LogP contribution in [0.4, 0.5) is 4.79 Å². The van der Waals surface area contributed by atoms with Gasteiger partial charge in [-0.3, -0.25) is 24.0 Å². The van der Waals surface area contributed by atoms with E-state index >= 15 is 0 Å². The summed E-state index contributed by atoms with van der Waals surface area (Å²) in [6.45, 7) is 6.54. The number of piperidine rings is 1. The molecule has 5 N–H and O–H groups in total. The van der Waals surface area contributed by atoms with Gasteiger partial charge in [0.25, 0.3) is 5.91 Å². The molecule has 0 radical (unpaired) electrons. The number of urea groups is 1. The molecule has 6 atom stereocenters. The molecule has 0 spiro atoms. The molecule has 14 heteroatoms. The zero-order valence-electron chi connectivity index (χ0n) is 25.8. The number of primary amides is 1. The maximum Gasteiger partial charge on any atom is 0.326 e. The molecule has 4 unspecified atom stereocenters. The molecular weight excluding hydrogens is 625 g/mol. The number of esters is 1. The van der Waals surface area contributed by atoms with E-state index in [0.717, 1.165) is 24.8 Å². The average Bonchev–Trinajstić information content (AvgIpc) is 3.27. The van der Waals surface area contributed by atoms with E-state index in [4.69, 9.17) is 33.7 Å². The van der Waals surface area contributed by atoms with Crippen molar-refractivity contribution in [1.29, 1.82) is 0 Å². The van der Waals surface area contributed by atoms with Crippen LogP contribution in [0.15, 0.2) is 30.3 Å². The Labute approximate surface area is 272 Å². The van der Waals surface area contributed by atoms with Crippen LogP contribution in [0.1, 0.15) is 65.0 Å². The summed E-state index contributed by atoms with van der Waals surface area (Å²) >= 11 is 12.9. The fourth-order valence-corrected chi connectivity index (χ4v) is 6.86. The average molecular weight is 667 g/mol. The summed E-state index contributed by atoms with van der Waals surface area (Å²) in [4.78, 5) is 78.6. The van der Waals surface area contributed by atoms with E-state index in [9.17, 15) is 28.8 Å². The highest BCUT2D eigenvalue weighted by Gasteiger charge is 2.74. The molecule has 3 fully saturated rings. The highest BCUT2D eigenvalue weighted by atomic mass is 35.5. The van der Waals surface area contributed by atoms with E-state index in [-0.39, 0.29) is 18.9 Å². The van der Waals surface area contributed by atoms with Crippen LogP contribution in [0.25, 0.3) is 0 Å². The fraction of sp³-hybridized carbons (Fsp3) is 0.613. The summed E-state index contributed by atoms with van der Waals surface area (Å²) in [5.41, 5.74) is 5.23. The Morgan fingerprint density at radius 1 is 1.07 bits per heavy atom. The van der Waals surface area contributed by atoms with Gasteiger partial charge in [-0.05, 0) is 30.2 Å². The Hall–Kier alpha value is -3.38. The van der Waals surface area contributed by atoms with E-state index in [0.29, 0.717) is 0 Å². The van der Waals surface area contributed by atoms with Crippen LogP contribution >= 0.6 is 23.2 Å². The van der Waals surface area contributed by atoms with Gasteiger partial charge in [0.05, 0.1) is 6.04 Å². The topological polar surface area (TPSA) is 177 Å². The minimum Gasteiger partial charge on any atom is -0.456 e. The number of ketones is 1. The summed E-state index contributed by atoms with van der Waals surface area (Å²) in [6.07, 6.45) is 2.46. The number of likely N-dealkylation sites (tertiary alicyclic amines) is 1. The molecule has 1 aliphatic heterocycles. The molecule has 4 rings (SSSR count). The molecule has 0 aromatic heterocycles. The third-order valence-corrected chi connectivity index (χ3v) is 9.98. The number of nitrogens with one attached hydrogen (secondary N) is 3. The second-order valence-corrected chi connectivity index (χ2v) is 14.7. The third kappa shape index (κ3) is 7.89. The van der Waals surface area contributed by atoms with Crippen molar-refractivity contribution in [3.63, 3.8) is 0 Å². The largest absolute Gasteiger partial charge is 0.456 e. The zero-order valence-corrected chi connectivity index (χ0v) is 27.3. The predicted octanol–water partition coefficient (Wildman–Crippen LogP) is 2.36. The Morgan fingerprint density at radius 3 is 2.27 bits per heavy atom. The maximum atomic E-state index is 14.0. The molecule has 5 amide bonds. The van der Waals surface area contributed by atoms with E-state index in [1.807, 2.05) is 30.3 Å². The molecule has 45 heavy (non-hydrogen) atoms. The van der Waals surface area contributed by atoms with E-state index < -0.39 is 87.9 Å². The van der Waals surface area contributed by atoms with Crippen LogP contribution in [-0.2, 0) is 28.7 Å². The van der Waals surface area contributed by atoms with Gasteiger partial charge in [0.1, 0.15) is 29.1 Å². The van der Waals surface area contributed by atoms with Crippen LogP contribution in [-0.4, -0.2) is 76.0 Å². The standard InChI is InChI=1S/C31H41Cl2N5O7/c1-16(18-11-6-5-7-12-18)45-21(39)14-35-29(44)37-25(30(2,3)4)28(43)38-15-19-22(31(19,32)33)23(38)27(42)36-20(24(40)26(34)41)13-17-9-8-10-17/h5-7,11-12,16-17,19-20,22-23,25H,8-10,13-15H2,1-4H3,(H2,34,41)(H,36,42)(H2,35,37,44)/t16?,19-,20?,22-,23?,25?/m0/s1. The summed E-state index contributed by atoms with van der Waals surface area (Å²) in [7, 11) is 0. The molecule has 1 heterocycles. The predicted molar refractivity (Wildman–Crippen MR) is 166 cm³/mol. The van der Waals surface area contributed by atoms with Crippen LogP contribution in [0.2, 0.25) is 0 Å². The monoisotopic (exact) mass is 665 g/mol. The zero-order chi connectivity index (χ0) is 33.3. The summed E-state index contributed by atoms with van der Waals surface area (Å²) in [5, 5.41) is 7.72. The number of carbonyl (C=O) groups excluding carboxylic acids is 6. The van der Waals surface area contributed by atoms with Crippen LogP contribution in [0.3, 0.4) is 0 Å². The summed E-state index contributed by atoms with van der Waals surface area (Å²) in [6, 6.07) is 4.93. The lowest BCUT2D eigenvalue weighted by Crippen LogP contribution is -2.61. The Morgan fingerprint density at radius 2 is 1.71 bits per heavy atom. The molecular formula is C31H41Cl2N5O7. The van der Waals surface area contributed by atoms with Gasteiger partial charge in [-0.15, -0.1) is 23.2 Å². The van der Waals surface area contributed by atoms with Crippen LogP contribution in [0, 0.1) is 23.2 Å². The summed E-state index contributed by atoms with van der Waals surface area (Å²) in [5.74, 6) is -4.84. The first kappa shape index (κ1) is 34.5. The number of alkyl halides is 2. The van der Waals surface area contributed by atoms with Gasteiger partial charge >= 0.3 is 12.0 Å². The van der Waals surface area contributed by atoms with Gasteiger partial charge < -0.3 is 31.3 Å². The van der Waals surface area contributed by atoms with Crippen molar-refractivity contribution >= 4 is 58.7 Å². The number of amides is 5. The molecule has 12 nitrogen and oxygen atoms in total. The van der Waals surface area contributed by atoms with Crippen molar-refractivity contribution < 1.29 is 33.5 Å². The van der Waals surface area contributed by atoms with Crippen molar-refractivity contribution in [1.82, 2.24) is 20.9 Å². The van der Waals surface area contributed by atoms with Gasteiger partial charge in [0.15, 0.2) is 0 Å². The molecule has 3 aliphatic rings. The Bertz CT molecular complexity index is 1330. The van der Waals surface area contributed by atoms with Gasteiger partial charge in [-0.25, -0.2) is 4.79 Å². The van der Waals surface area contributed by atoms with Crippen molar-refractivity contribution in [2.45, 2.75) is 81.9 Å². The molecule has 1 aromatic rings. The highest BCUT2D eigenvalue weighted by molar-refractivity contribution is 6.51. The van der Waals surface area contributed by atoms with Crippen LogP contribution in [0.5, 0.6) is 0 Å². The van der Waals surface area contributed by atoms with Crippen molar-refractivity contribution in [3.05, 3.63) is 35.9 Å². The molecule has 1 saturated heterocycles. The fourth-order valence-electron chi connectivity index (χ4n) is 6.04.